The number of hydrogen-bond acceptors (Lipinski definition) is 5. The SMILES string of the molecule is COc1ccc(CNC(=O)[C@H]2CC(=O)N(c3ccc(OCC(=O)Nc4ccccc4F)cc3)C2)cc1. The van der Waals surface area contributed by atoms with Crippen LogP contribution in [0.1, 0.15) is 12.0 Å². The smallest absolute Gasteiger partial charge is 0.262 e. The van der Waals surface area contributed by atoms with E-state index in [1.807, 2.05) is 24.3 Å². The van der Waals surface area contributed by atoms with Crippen LogP contribution in [0.15, 0.2) is 72.8 Å². The van der Waals surface area contributed by atoms with Crippen LogP contribution in [0.2, 0.25) is 0 Å². The van der Waals surface area contributed by atoms with Gasteiger partial charge in [-0.15, -0.1) is 0 Å². The molecule has 1 aliphatic rings. The van der Waals surface area contributed by atoms with E-state index in [1.165, 1.54) is 18.2 Å². The Balaban J connectivity index is 1.26. The molecule has 0 unspecified atom stereocenters. The first kappa shape index (κ1) is 24.7. The highest BCUT2D eigenvalue weighted by molar-refractivity contribution is 6.00. The molecule has 0 radical (unpaired) electrons. The number of halogens is 1. The molecule has 3 aromatic carbocycles. The molecular formula is C27H26FN3O5. The zero-order valence-corrected chi connectivity index (χ0v) is 19.7. The van der Waals surface area contributed by atoms with Crippen molar-refractivity contribution in [1.82, 2.24) is 5.32 Å². The third kappa shape index (κ3) is 6.18. The number of benzene rings is 3. The normalized spacial score (nSPS) is 14.9. The number of carbonyl (C=O) groups is 3. The highest BCUT2D eigenvalue weighted by atomic mass is 19.1. The number of ether oxygens (including phenoxy) is 2. The third-order valence-electron chi connectivity index (χ3n) is 5.79. The standard InChI is InChI=1S/C27H26FN3O5/c1-35-21-10-6-18(7-11-21)15-29-27(34)19-14-26(33)31(16-19)20-8-12-22(13-9-20)36-17-25(32)30-24-5-3-2-4-23(24)28/h2-13,19H,14-17H2,1H3,(H,29,34)(H,30,32)/t19-/m0/s1. The molecule has 0 aromatic heterocycles. The molecular weight excluding hydrogens is 465 g/mol. The van der Waals surface area contributed by atoms with Gasteiger partial charge in [-0.05, 0) is 54.1 Å². The minimum atomic E-state index is -0.529. The number of hydrogen-bond donors (Lipinski definition) is 2. The monoisotopic (exact) mass is 491 g/mol. The molecule has 0 saturated carbocycles. The van der Waals surface area contributed by atoms with Gasteiger partial charge in [-0.3, -0.25) is 14.4 Å². The van der Waals surface area contributed by atoms with Gasteiger partial charge in [-0.25, -0.2) is 4.39 Å². The summed E-state index contributed by atoms with van der Waals surface area (Å²) in [4.78, 5) is 38.8. The molecule has 0 aliphatic carbocycles. The van der Waals surface area contributed by atoms with Crippen LogP contribution < -0.4 is 25.0 Å². The number of para-hydroxylation sites is 1. The van der Waals surface area contributed by atoms with Crippen molar-refractivity contribution in [3.63, 3.8) is 0 Å². The van der Waals surface area contributed by atoms with Gasteiger partial charge in [0.25, 0.3) is 5.91 Å². The maximum Gasteiger partial charge on any atom is 0.262 e. The molecule has 8 nitrogen and oxygen atoms in total. The number of nitrogens with one attached hydrogen (secondary N) is 2. The van der Waals surface area contributed by atoms with E-state index in [-0.39, 0.29) is 37.1 Å². The van der Waals surface area contributed by atoms with Gasteiger partial charge in [-0.1, -0.05) is 24.3 Å². The van der Waals surface area contributed by atoms with Gasteiger partial charge in [0.2, 0.25) is 11.8 Å². The van der Waals surface area contributed by atoms with Crippen LogP contribution in [0.25, 0.3) is 0 Å². The van der Waals surface area contributed by atoms with E-state index < -0.39 is 17.6 Å². The predicted molar refractivity (Wildman–Crippen MR) is 132 cm³/mol. The molecule has 3 amide bonds. The molecule has 1 heterocycles. The summed E-state index contributed by atoms with van der Waals surface area (Å²) in [5.74, 6) is -0.637. The molecule has 186 valence electrons. The van der Waals surface area contributed by atoms with Gasteiger partial charge in [0.05, 0.1) is 18.7 Å². The van der Waals surface area contributed by atoms with Gasteiger partial charge in [0.1, 0.15) is 17.3 Å². The van der Waals surface area contributed by atoms with Gasteiger partial charge in [0, 0.05) is 25.2 Å². The number of methoxy groups -OCH3 is 1. The van der Waals surface area contributed by atoms with E-state index in [1.54, 1.807) is 42.3 Å². The molecule has 9 heteroatoms. The molecule has 1 aliphatic heterocycles. The summed E-state index contributed by atoms with van der Waals surface area (Å²) < 4.78 is 24.2. The van der Waals surface area contributed by atoms with Crippen molar-refractivity contribution in [2.45, 2.75) is 13.0 Å². The van der Waals surface area contributed by atoms with Crippen LogP contribution in [0.4, 0.5) is 15.8 Å². The quantitative estimate of drug-likeness (QED) is 0.478. The van der Waals surface area contributed by atoms with E-state index in [0.717, 1.165) is 11.3 Å². The van der Waals surface area contributed by atoms with Crippen LogP contribution in [-0.2, 0) is 20.9 Å². The highest BCUT2D eigenvalue weighted by Crippen LogP contribution is 2.27. The Labute approximate surface area is 208 Å². The predicted octanol–water partition coefficient (Wildman–Crippen LogP) is 3.52. The first-order valence-corrected chi connectivity index (χ1v) is 11.4. The van der Waals surface area contributed by atoms with E-state index in [4.69, 9.17) is 9.47 Å². The lowest BCUT2D eigenvalue weighted by atomic mass is 10.1. The number of anilines is 2. The fourth-order valence-electron chi connectivity index (χ4n) is 3.83. The zero-order chi connectivity index (χ0) is 25.5. The van der Waals surface area contributed by atoms with Crippen molar-refractivity contribution in [3.8, 4) is 11.5 Å². The molecule has 4 rings (SSSR count). The van der Waals surface area contributed by atoms with Crippen LogP contribution in [0.3, 0.4) is 0 Å². The largest absolute Gasteiger partial charge is 0.497 e. The summed E-state index contributed by atoms with van der Waals surface area (Å²) in [5.41, 5.74) is 1.65. The maximum atomic E-state index is 13.6. The fraction of sp³-hybridized carbons (Fsp3) is 0.222. The van der Waals surface area contributed by atoms with Crippen molar-refractivity contribution in [2.24, 2.45) is 5.92 Å². The Hall–Kier alpha value is -4.40. The molecule has 1 saturated heterocycles. The average molecular weight is 492 g/mol. The van der Waals surface area contributed by atoms with Crippen molar-refractivity contribution in [1.29, 1.82) is 0 Å². The van der Waals surface area contributed by atoms with Gasteiger partial charge in [-0.2, -0.15) is 0 Å². The Bertz CT molecular complexity index is 1230. The summed E-state index contributed by atoms with van der Waals surface area (Å²) in [6.45, 7) is 0.343. The van der Waals surface area contributed by atoms with E-state index in [0.29, 0.717) is 18.0 Å². The lowest BCUT2D eigenvalue weighted by Gasteiger charge is -2.17. The lowest BCUT2D eigenvalue weighted by Crippen LogP contribution is -2.32. The second-order valence-electron chi connectivity index (χ2n) is 8.28. The fourth-order valence-corrected chi connectivity index (χ4v) is 3.83. The third-order valence-corrected chi connectivity index (χ3v) is 5.79. The van der Waals surface area contributed by atoms with Crippen molar-refractivity contribution < 1.29 is 28.2 Å². The molecule has 3 aromatic rings. The highest BCUT2D eigenvalue weighted by Gasteiger charge is 2.35. The molecule has 0 spiro atoms. The molecule has 1 fully saturated rings. The van der Waals surface area contributed by atoms with E-state index in [9.17, 15) is 18.8 Å². The summed E-state index contributed by atoms with van der Waals surface area (Å²) >= 11 is 0. The first-order chi connectivity index (χ1) is 17.4. The summed E-state index contributed by atoms with van der Waals surface area (Å²) in [5, 5.41) is 5.34. The number of nitrogens with zero attached hydrogens (tertiary/aromatic N) is 1. The minimum Gasteiger partial charge on any atom is -0.497 e. The lowest BCUT2D eigenvalue weighted by molar-refractivity contribution is -0.126. The van der Waals surface area contributed by atoms with Crippen LogP contribution in [0.5, 0.6) is 11.5 Å². The van der Waals surface area contributed by atoms with E-state index >= 15 is 0 Å². The number of carbonyl (C=O) groups excluding carboxylic acids is 3. The summed E-state index contributed by atoms with van der Waals surface area (Å²) in [7, 11) is 1.59. The Morgan fingerprint density at radius 2 is 1.69 bits per heavy atom. The van der Waals surface area contributed by atoms with Crippen molar-refractivity contribution in [2.75, 3.05) is 30.5 Å². The molecule has 1 atom stereocenters. The Morgan fingerprint density at radius 1 is 1.00 bits per heavy atom. The van der Waals surface area contributed by atoms with Gasteiger partial charge in [0.15, 0.2) is 6.61 Å². The van der Waals surface area contributed by atoms with Crippen molar-refractivity contribution in [3.05, 3.63) is 84.2 Å². The second kappa shape index (κ2) is 11.4. The topological polar surface area (TPSA) is 97.0 Å². The van der Waals surface area contributed by atoms with Crippen LogP contribution in [0, 0.1) is 11.7 Å². The van der Waals surface area contributed by atoms with Gasteiger partial charge < -0.3 is 25.0 Å². The number of amides is 3. The number of rotatable bonds is 9. The summed E-state index contributed by atoms with van der Waals surface area (Å²) in [6.07, 6.45) is 0.128. The van der Waals surface area contributed by atoms with Crippen LogP contribution >= 0.6 is 0 Å². The van der Waals surface area contributed by atoms with E-state index in [2.05, 4.69) is 10.6 Å². The molecule has 2 N–H and O–H groups in total. The summed E-state index contributed by atoms with van der Waals surface area (Å²) in [6, 6.07) is 19.9. The van der Waals surface area contributed by atoms with Crippen molar-refractivity contribution >= 4 is 29.1 Å². The molecule has 36 heavy (non-hydrogen) atoms. The maximum absolute atomic E-state index is 13.6. The minimum absolute atomic E-state index is 0.0802. The average Bonchev–Trinajstić information content (AvgIpc) is 3.29. The Morgan fingerprint density at radius 3 is 2.39 bits per heavy atom. The second-order valence-corrected chi connectivity index (χ2v) is 8.28. The zero-order valence-electron chi connectivity index (χ0n) is 19.7. The van der Waals surface area contributed by atoms with Gasteiger partial charge >= 0.3 is 0 Å². The Kier molecular flexibility index (Phi) is 7.79. The van der Waals surface area contributed by atoms with Crippen LogP contribution in [-0.4, -0.2) is 38.0 Å². The first-order valence-electron chi connectivity index (χ1n) is 11.4. The molecule has 0 bridgehead atoms.